The van der Waals surface area contributed by atoms with Crippen molar-refractivity contribution in [1.82, 2.24) is 25.1 Å². The zero-order valence-corrected chi connectivity index (χ0v) is 11.1. The molecule has 0 fully saturated rings. The van der Waals surface area contributed by atoms with Gasteiger partial charge in [-0.1, -0.05) is 13.8 Å². The van der Waals surface area contributed by atoms with Gasteiger partial charge in [0, 0.05) is 25.1 Å². The summed E-state index contributed by atoms with van der Waals surface area (Å²) >= 11 is 0. The highest BCUT2D eigenvalue weighted by Crippen LogP contribution is 2.18. The number of imidazole rings is 1. The van der Waals surface area contributed by atoms with Crippen molar-refractivity contribution in [2.45, 2.75) is 39.3 Å². The maximum absolute atomic E-state index is 4.38. The molecule has 2 aromatic rings. The number of aromatic nitrogens is 4. The molecule has 0 aliphatic rings. The van der Waals surface area contributed by atoms with Gasteiger partial charge in [0.25, 0.3) is 0 Å². The van der Waals surface area contributed by atoms with Crippen molar-refractivity contribution in [3.05, 3.63) is 36.2 Å². The molecule has 2 rings (SSSR count). The molecule has 18 heavy (non-hydrogen) atoms. The number of nitrogens with one attached hydrogen (secondary N) is 2. The van der Waals surface area contributed by atoms with E-state index in [9.17, 15) is 0 Å². The fraction of sp³-hybridized carbons (Fsp3) is 0.538. The summed E-state index contributed by atoms with van der Waals surface area (Å²) in [5, 5.41) is 7.90. The highest BCUT2D eigenvalue weighted by molar-refractivity contribution is 5.16. The third-order valence-corrected chi connectivity index (χ3v) is 2.87. The minimum atomic E-state index is 0.0917. The molecule has 0 saturated carbocycles. The largest absolute Gasteiger partial charge is 0.347 e. The van der Waals surface area contributed by atoms with Crippen LogP contribution in [0.15, 0.2) is 24.7 Å². The molecule has 0 aliphatic heterocycles. The fourth-order valence-corrected chi connectivity index (χ4v) is 2.05. The molecule has 0 bridgehead atoms. The van der Waals surface area contributed by atoms with E-state index < -0.39 is 0 Å². The number of hydrogen-bond donors (Lipinski definition) is 2. The van der Waals surface area contributed by atoms with Gasteiger partial charge in [0.05, 0.1) is 5.69 Å². The molecule has 5 nitrogen and oxygen atoms in total. The number of rotatable bonds is 7. The third-order valence-electron chi connectivity index (χ3n) is 2.87. The molecule has 0 aliphatic carbocycles. The van der Waals surface area contributed by atoms with E-state index in [1.807, 2.05) is 12.4 Å². The SMILES string of the molecule is CCCNC(c1ncc[nH]1)c1ccnn1CCC. The Bertz CT molecular complexity index is 446. The first-order chi connectivity index (χ1) is 8.86. The van der Waals surface area contributed by atoms with Crippen molar-refractivity contribution in [1.29, 1.82) is 0 Å². The molecule has 2 heterocycles. The standard InChI is InChI=1S/C13H21N5/c1-3-6-14-12(13-15-8-9-16-13)11-5-7-17-18(11)10-4-2/h5,7-9,12,14H,3-4,6,10H2,1-2H3,(H,15,16). The Labute approximate surface area is 108 Å². The molecule has 5 heteroatoms. The molecule has 0 aromatic carbocycles. The average molecular weight is 247 g/mol. The molecule has 0 spiro atoms. The molecule has 0 radical (unpaired) electrons. The van der Waals surface area contributed by atoms with Crippen LogP contribution in [0.2, 0.25) is 0 Å². The van der Waals surface area contributed by atoms with E-state index in [4.69, 9.17) is 0 Å². The van der Waals surface area contributed by atoms with Crippen LogP contribution in [0, 0.1) is 0 Å². The minimum absolute atomic E-state index is 0.0917. The number of nitrogens with zero attached hydrogens (tertiary/aromatic N) is 3. The van der Waals surface area contributed by atoms with E-state index in [0.717, 1.165) is 31.8 Å². The fourth-order valence-electron chi connectivity index (χ4n) is 2.05. The zero-order chi connectivity index (χ0) is 12.8. The van der Waals surface area contributed by atoms with Crippen LogP contribution in [-0.4, -0.2) is 26.3 Å². The van der Waals surface area contributed by atoms with Gasteiger partial charge in [-0.05, 0) is 25.5 Å². The van der Waals surface area contributed by atoms with Crippen LogP contribution in [-0.2, 0) is 6.54 Å². The van der Waals surface area contributed by atoms with Crippen LogP contribution < -0.4 is 5.32 Å². The molecular formula is C13H21N5. The van der Waals surface area contributed by atoms with Crippen molar-refractivity contribution in [2.75, 3.05) is 6.54 Å². The lowest BCUT2D eigenvalue weighted by Crippen LogP contribution is -2.26. The zero-order valence-electron chi connectivity index (χ0n) is 11.1. The predicted octanol–water partition coefficient (Wildman–Crippen LogP) is 2.11. The second-order valence-electron chi connectivity index (χ2n) is 4.34. The van der Waals surface area contributed by atoms with Crippen LogP contribution in [0.1, 0.15) is 44.2 Å². The van der Waals surface area contributed by atoms with Gasteiger partial charge in [0.2, 0.25) is 0 Å². The number of aryl methyl sites for hydroxylation is 1. The smallest absolute Gasteiger partial charge is 0.129 e. The van der Waals surface area contributed by atoms with Crippen LogP contribution in [0.3, 0.4) is 0 Å². The van der Waals surface area contributed by atoms with Gasteiger partial charge >= 0.3 is 0 Å². The van der Waals surface area contributed by atoms with E-state index in [-0.39, 0.29) is 6.04 Å². The van der Waals surface area contributed by atoms with Gasteiger partial charge in [-0.25, -0.2) is 4.98 Å². The van der Waals surface area contributed by atoms with Crippen molar-refractivity contribution < 1.29 is 0 Å². The Morgan fingerprint density at radius 1 is 1.33 bits per heavy atom. The van der Waals surface area contributed by atoms with Crippen molar-refractivity contribution in [3.63, 3.8) is 0 Å². The van der Waals surface area contributed by atoms with Gasteiger partial charge in [0.15, 0.2) is 0 Å². The van der Waals surface area contributed by atoms with Crippen LogP contribution in [0.25, 0.3) is 0 Å². The summed E-state index contributed by atoms with van der Waals surface area (Å²) in [5.41, 5.74) is 1.17. The van der Waals surface area contributed by atoms with Crippen LogP contribution in [0.4, 0.5) is 0 Å². The lowest BCUT2D eigenvalue weighted by molar-refractivity contribution is 0.500. The Balaban J connectivity index is 2.24. The van der Waals surface area contributed by atoms with E-state index >= 15 is 0 Å². The maximum Gasteiger partial charge on any atom is 0.129 e. The normalized spacial score (nSPS) is 12.8. The molecular weight excluding hydrogens is 226 g/mol. The molecule has 2 aromatic heterocycles. The average Bonchev–Trinajstić information content (AvgIpc) is 3.02. The highest BCUT2D eigenvalue weighted by Gasteiger charge is 2.19. The Morgan fingerprint density at radius 2 is 2.22 bits per heavy atom. The van der Waals surface area contributed by atoms with E-state index in [1.54, 1.807) is 6.20 Å². The minimum Gasteiger partial charge on any atom is -0.347 e. The lowest BCUT2D eigenvalue weighted by Gasteiger charge is -2.18. The summed E-state index contributed by atoms with van der Waals surface area (Å²) in [6, 6.07) is 2.15. The van der Waals surface area contributed by atoms with Crippen LogP contribution >= 0.6 is 0 Å². The molecule has 1 unspecified atom stereocenters. The summed E-state index contributed by atoms with van der Waals surface area (Å²) in [6.45, 7) is 6.22. The number of hydrogen-bond acceptors (Lipinski definition) is 3. The van der Waals surface area contributed by atoms with Crippen molar-refractivity contribution in [2.24, 2.45) is 0 Å². The maximum atomic E-state index is 4.38. The molecule has 1 atom stereocenters. The molecule has 98 valence electrons. The monoisotopic (exact) mass is 247 g/mol. The predicted molar refractivity (Wildman–Crippen MR) is 71.2 cm³/mol. The highest BCUT2D eigenvalue weighted by atomic mass is 15.3. The Kier molecular flexibility index (Phi) is 4.52. The summed E-state index contributed by atoms with van der Waals surface area (Å²) in [4.78, 5) is 7.56. The van der Waals surface area contributed by atoms with Crippen molar-refractivity contribution >= 4 is 0 Å². The summed E-state index contributed by atoms with van der Waals surface area (Å²) in [6.07, 6.45) is 7.67. The first kappa shape index (κ1) is 12.8. The molecule has 2 N–H and O–H groups in total. The lowest BCUT2D eigenvalue weighted by atomic mass is 10.2. The van der Waals surface area contributed by atoms with E-state index in [0.29, 0.717) is 0 Å². The third kappa shape index (κ3) is 2.79. The second kappa shape index (κ2) is 6.35. The first-order valence-electron chi connectivity index (χ1n) is 6.61. The van der Waals surface area contributed by atoms with Gasteiger partial charge in [0.1, 0.15) is 11.9 Å². The number of aromatic amines is 1. The van der Waals surface area contributed by atoms with Gasteiger partial charge in [-0.3, -0.25) is 4.68 Å². The number of H-pyrrole nitrogens is 1. The van der Waals surface area contributed by atoms with E-state index in [2.05, 4.69) is 45.0 Å². The topological polar surface area (TPSA) is 58.5 Å². The molecule has 0 amide bonds. The first-order valence-corrected chi connectivity index (χ1v) is 6.61. The second-order valence-corrected chi connectivity index (χ2v) is 4.34. The summed E-state index contributed by atoms with van der Waals surface area (Å²) in [5.74, 6) is 0.946. The Hall–Kier alpha value is -1.62. The molecule has 0 saturated heterocycles. The van der Waals surface area contributed by atoms with E-state index in [1.165, 1.54) is 5.69 Å². The summed E-state index contributed by atoms with van der Waals surface area (Å²) in [7, 11) is 0. The quantitative estimate of drug-likeness (QED) is 0.787. The summed E-state index contributed by atoms with van der Waals surface area (Å²) < 4.78 is 2.05. The van der Waals surface area contributed by atoms with Gasteiger partial charge in [-0.15, -0.1) is 0 Å². The van der Waals surface area contributed by atoms with Gasteiger partial charge < -0.3 is 10.3 Å². The van der Waals surface area contributed by atoms with Gasteiger partial charge in [-0.2, -0.15) is 5.10 Å². The van der Waals surface area contributed by atoms with Crippen LogP contribution in [0.5, 0.6) is 0 Å². The van der Waals surface area contributed by atoms with Crippen molar-refractivity contribution in [3.8, 4) is 0 Å². The Morgan fingerprint density at radius 3 is 2.89 bits per heavy atom.